The van der Waals surface area contributed by atoms with Gasteiger partial charge in [-0.3, -0.25) is 9.79 Å². The van der Waals surface area contributed by atoms with E-state index in [4.69, 9.17) is 4.42 Å². The smallest absolute Gasteiger partial charge is 0.289 e. The third-order valence-electron chi connectivity index (χ3n) is 5.33. The highest BCUT2D eigenvalue weighted by molar-refractivity contribution is 5.91. The number of furan rings is 1. The molecule has 0 radical (unpaired) electrons. The van der Waals surface area contributed by atoms with Crippen LogP contribution in [0.1, 0.15) is 35.5 Å². The molecule has 1 N–H and O–H groups in total. The molecule has 0 atom stereocenters. The van der Waals surface area contributed by atoms with Gasteiger partial charge in [-0.1, -0.05) is 43.7 Å². The van der Waals surface area contributed by atoms with E-state index in [0.29, 0.717) is 18.8 Å². The molecular formula is C22H30N4O2. The predicted molar refractivity (Wildman–Crippen MR) is 112 cm³/mol. The van der Waals surface area contributed by atoms with Gasteiger partial charge in [0.15, 0.2) is 11.7 Å². The molecular weight excluding hydrogens is 352 g/mol. The summed E-state index contributed by atoms with van der Waals surface area (Å²) in [6, 6.07) is 12.1. The predicted octanol–water partition coefficient (Wildman–Crippen LogP) is 2.90. The van der Waals surface area contributed by atoms with Crippen LogP contribution in [-0.2, 0) is 5.41 Å². The van der Waals surface area contributed by atoms with Crippen LogP contribution in [0.5, 0.6) is 0 Å². The van der Waals surface area contributed by atoms with E-state index in [-0.39, 0.29) is 11.3 Å². The van der Waals surface area contributed by atoms with E-state index in [2.05, 4.69) is 60.2 Å². The van der Waals surface area contributed by atoms with Crippen molar-refractivity contribution in [2.45, 2.75) is 26.2 Å². The number of benzene rings is 1. The average Bonchev–Trinajstić information content (AvgIpc) is 3.23. The highest BCUT2D eigenvalue weighted by atomic mass is 16.3. The highest BCUT2D eigenvalue weighted by Gasteiger charge is 2.26. The van der Waals surface area contributed by atoms with E-state index in [1.54, 1.807) is 12.1 Å². The molecule has 2 aromatic rings. The quantitative estimate of drug-likeness (QED) is 0.652. The van der Waals surface area contributed by atoms with Gasteiger partial charge in [0, 0.05) is 45.2 Å². The van der Waals surface area contributed by atoms with Gasteiger partial charge < -0.3 is 19.5 Å². The first-order chi connectivity index (χ1) is 13.4. The molecule has 6 nitrogen and oxygen atoms in total. The van der Waals surface area contributed by atoms with E-state index in [1.807, 2.05) is 11.9 Å². The third kappa shape index (κ3) is 4.55. The van der Waals surface area contributed by atoms with Gasteiger partial charge in [-0.25, -0.2) is 0 Å². The molecule has 0 bridgehead atoms. The number of carbonyl (C=O) groups is 1. The zero-order valence-corrected chi connectivity index (χ0v) is 17.2. The SMILES string of the molecule is CN=C(NCC(C)(C)c1ccc(C)cc1)N1CCN(C(=O)c2ccco2)CC1. The van der Waals surface area contributed by atoms with Gasteiger partial charge in [-0.05, 0) is 24.6 Å². The minimum absolute atomic E-state index is 0.0132. The number of nitrogens with zero attached hydrogens (tertiary/aromatic N) is 3. The van der Waals surface area contributed by atoms with E-state index in [9.17, 15) is 4.79 Å². The van der Waals surface area contributed by atoms with Crippen LogP contribution in [0.3, 0.4) is 0 Å². The van der Waals surface area contributed by atoms with Crippen LogP contribution in [0.25, 0.3) is 0 Å². The summed E-state index contributed by atoms with van der Waals surface area (Å²) < 4.78 is 5.23. The first-order valence-electron chi connectivity index (χ1n) is 9.76. The molecule has 28 heavy (non-hydrogen) atoms. The molecule has 0 aliphatic carbocycles. The number of aryl methyl sites for hydroxylation is 1. The lowest BCUT2D eigenvalue weighted by Crippen LogP contribution is -2.54. The van der Waals surface area contributed by atoms with Crippen LogP contribution in [0, 0.1) is 6.92 Å². The van der Waals surface area contributed by atoms with Gasteiger partial charge in [-0.15, -0.1) is 0 Å². The van der Waals surface area contributed by atoms with Crippen LogP contribution in [0.15, 0.2) is 52.1 Å². The third-order valence-corrected chi connectivity index (χ3v) is 5.33. The Bertz CT molecular complexity index is 802. The number of amides is 1. The number of hydrogen-bond donors (Lipinski definition) is 1. The van der Waals surface area contributed by atoms with Gasteiger partial charge in [0.25, 0.3) is 5.91 Å². The first kappa shape index (κ1) is 20.0. The largest absolute Gasteiger partial charge is 0.459 e. The number of aliphatic imine (C=N–C) groups is 1. The first-order valence-corrected chi connectivity index (χ1v) is 9.76. The van der Waals surface area contributed by atoms with E-state index in [0.717, 1.165) is 25.6 Å². The molecule has 3 rings (SSSR count). The second-order valence-electron chi connectivity index (χ2n) is 7.91. The molecule has 1 fully saturated rings. The Balaban J connectivity index is 1.55. The Kier molecular flexibility index (Phi) is 6.07. The minimum Gasteiger partial charge on any atom is -0.459 e. The molecule has 1 saturated heterocycles. The molecule has 1 aromatic heterocycles. The van der Waals surface area contributed by atoms with Crippen molar-refractivity contribution in [1.82, 2.24) is 15.1 Å². The van der Waals surface area contributed by atoms with Gasteiger partial charge in [0.1, 0.15) is 0 Å². The number of rotatable bonds is 4. The molecule has 1 amide bonds. The van der Waals surface area contributed by atoms with Crippen LogP contribution >= 0.6 is 0 Å². The minimum atomic E-state index is -0.0481. The van der Waals surface area contributed by atoms with Gasteiger partial charge in [0.05, 0.1) is 6.26 Å². The lowest BCUT2D eigenvalue weighted by molar-refractivity contribution is 0.0657. The van der Waals surface area contributed by atoms with Crippen molar-refractivity contribution in [1.29, 1.82) is 0 Å². The Morgan fingerprint density at radius 1 is 1.11 bits per heavy atom. The molecule has 1 aromatic carbocycles. The van der Waals surface area contributed by atoms with Gasteiger partial charge >= 0.3 is 0 Å². The summed E-state index contributed by atoms with van der Waals surface area (Å²) in [6.07, 6.45) is 1.53. The molecule has 6 heteroatoms. The Hall–Kier alpha value is -2.76. The molecule has 0 saturated carbocycles. The van der Waals surface area contributed by atoms with E-state index in [1.165, 1.54) is 17.4 Å². The van der Waals surface area contributed by atoms with Crippen molar-refractivity contribution >= 4 is 11.9 Å². The Morgan fingerprint density at radius 2 is 1.75 bits per heavy atom. The number of hydrogen-bond acceptors (Lipinski definition) is 3. The zero-order chi connectivity index (χ0) is 20.1. The number of carbonyl (C=O) groups excluding carboxylic acids is 1. The molecule has 2 heterocycles. The number of nitrogens with one attached hydrogen (secondary N) is 1. The average molecular weight is 383 g/mol. The fraction of sp³-hybridized carbons (Fsp3) is 0.455. The Labute approximate surface area is 167 Å². The van der Waals surface area contributed by atoms with Crippen LogP contribution < -0.4 is 5.32 Å². The van der Waals surface area contributed by atoms with Crippen LogP contribution in [0.2, 0.25) is 0 Å². The lowest BCUT2D eigenvalue weighted by Gasteiger charge is -2.37. The summed E-state index contributed by atoms with van der Waals surface area (Å²) in [7, 11) is 1.81. The lowest BCUT2D eigenvalue weighted by atomic mass is 9.84. The van der Waals surface area contributed by atoms with Crippen LogP contribution in [-0.4, -0.2) is 61.4 Å². The van der Waals surface area contributed by atoms with Crippen molar-refractivity contribution in [3.8, 4) is 0 Å². The maximum absolute atomic E-state index is 12.4. The second kappa shape index (κ2) is 8.50. The Morgan fingerprint density at radius 3 is 2.32 bits per heavy atom. The zero-order valence-electron chi connectivity index (χ0n) is 17.2. The van der Waals surface area contributed by atoms with Crippen molar-refractivity contribution in [3.05, 3.63) is 59.5 Å². The summed E-state index contributed by atoms with van der Waals surface area (Å²) >= 11 is 0. The molecule has 150 valence electrons. The molecule has 0 spiro atoms. The van der Waals surface area contributed by atoms with E-state index < -0.39 is 0 Å². The highest BCUT2D eigenvalue weighted by Crippen LogP contribution is 2.22. The van der Waals surface area contributed by atoms with Gasteiger partial charge in [0.2, 0.25) is 0 Å². The van der Waals surface area contributed by atoms with Crippen molar-refractivity contribution in [3.63, 3.8) is 0 Å². The van der Waals surface area contributed by atoms with Crippen molar-refractivity contribution in [2.75, 3.05) is 39.8 Å². The van der Waals surface area contributed by atoms with Gasteiger partial charge in [-0.2, -0.15) is 0 Å². The molecule has 1 aliphatic heterocycles. The van der Waals surface area contributed by atoms with Crippen molar-refractivity contribution in [2.24, 2.45) is 4.99 Å². The molecule has 1 aliphatic rings. The number of piperazine rings is 1. The van der Waals surface area contributed by atoms with Crippen molar-refractivity contribution < 1.29 is 9.21 Å². The maximum atomic E-state index is 12.4. The standard InChI is InChI=1S/C22H30N4O2/c1-17-7-9-18(10-8-17)22(2,3)16-24-21(23-4)26-13-11-25(12-14-26)20(27)19-6-5-15-28-19/h5-10,15H,11-14,16H2,1-4H3,(H,23,24). The molecule has 0 unspecified atom stereocenters. The van der Waals surface area contributed by atoms with E-state index >= 15 is 0 Å². The second-order valence-corrected chi connectivity index (χ2v) is 7.91. The summed E-state index contributed by atoms with van der Waals surface area (Å²) in [4.78, 5) is 20.9. The maximum Gasteiger partial charge on any atom is 0.289 e. The summed E-state index contributed by atoms with van der Waals surface area (Å²) in [6.45, 7) is 10.2. The summed E-state index contributed by atoms with van der Waals surface area (Å²) in [5.41, 5.74) is 2.56. The number of guanidine groups is 1. The topological polar surface area (TPSA) is 61.1 Å². The fourth-order valence-corrected chi connectivity index (χ4v) is 3.42. The summed E-state index contributed by atoms with van der Waals surface area (Å²) in [5.74, 6) is 1.23. The summed E-state index contributed by atoms with van der Waals surface area (Å²) in [5, 5.41) is 3.52. The fourth-order valence-electron chi connectivity index (χ4n) is 3.42. The van der Waals surface area contributed by atoms with Crippen LogP contribution in [0.4, 0.5) is 0 Å². The normalized spacial score (nSPS) is 15.6. The monoisotopic (exact) mass is 382 g/mol.